The van der Waals surface area contributed by atoms with Crippen molar-refractivity contribution in [1.82, 2.24) is 15.0 Å². The minimum atomic E-state index is -0.122. The number of methoxy groups -OCH3 is 1. The van der Waals surface area contributed by atoms with Crippen LogP contribution in [0.2, 0.25) is 0 Å². The van der Waals surface area contributed by atoms with Crippen molar-refractivity contribution >= 4 is 5.91 Å². The van der Waals surface area contributed by atoms with E-state index in [4.69, 9.17) is 13.7 Å². The van der Waals surface area contributed by atoms with E-state index in [1.54, 1.807) is 25.0 Å². The third-order valence-electron chi connectivity index (χ3n) is 4.56. The van der Waals surface area contributed by atoms with E-state index in [0.29, 0.717) is 36.3 Å². The predicted molar refractivity (Wildman–Crippen MR) is 93.0 cm³/mol. The molecule has 0 saturated carbocycles. The van der Waals surface area contributed by atoms with E-state index < -0.39 is 0 Å². The highest BCUT2D eigenvalue weighted by atomic mass is 16.5. The van der Waals surface area contributed by atoms with Gasteiger partial charge in [0.2, 0.25) is 5.89 Å². The number of hydrogen-bond donors (Lipinski definition) is 0. The molecule has 7 heteroatoms. The van der Waals surface area contributed by atoms with Crippen LogP contribution < -0.4 is 4.74 Å². The van der Waals surface area contributed by atoms with Crippen molar-refractivity contribution in [2.24, 2.45) is 0 Å². The molecule has 3 heterocycles. The molecular formula is C19H19N3O4. The van der Waals surface area contributed by atoms with Crippen molar-refractivity contribution in [2.45, 2.75) is 19.3 Å². The van der Waals surface area contributed by atoms with Gasteiger partial charge in [-0.05, 0) is 49.7 Å². The minimum absolute atomic E-state index is 0.0798. The van der Waals surface area contributed by atoms with Crippen LogP contribution in [0, 0.1) is 6.92 Å². The number of carbonyl (C=O) groups excluding carboxylic acids is 1. The lowest BCUT2D eigenvalue weighted by Gasteiger charge is -2.13. The van der Waals surface area contributed by atoms with Gasteiger partial charge in [0.1, 0.15) is 11.5 Å². The Bertz CT molecular complexity index is 913. The van der Waals surface area contributed by atoms with E-state index in [1.165, 1.54) is 0 Å². The van der Waals surface area contributed by atoms with Crippen LogP contribution in [0.4, 0.5) is 0 Å². The number of rotatable bonds is 4. The van der Waals surface area contributed by atoms with E-state index in [-0.39, 0.29) is 11.8 Å². The quantitative estimate of drug-likeness (QED) is 0.716. The SMILES string of the molecule is COc1ccc(-c2ccc(C(=O)N3CC[C@H](c4nc(C)no4)C3)o2)cc1. The minimum Gasteiger partial charge on any atom is -0.497 e. The summed E-state index contributed by atoms with van der Waals surface area (Å²) in [7, 11) is 1.62. The molecule has 134 valence electrons. The number of nitrogens with zero attached hydrogens (tertiary/aromatic N) is 3. The summed E-state index contributed by atoms with van der Waals surface area (Å²) in [5.74, 6) is 2.92. The summed E-state index contributed by atoms with van der Waals surface area (Å²) < 4.78 is 16.2. The first-order valence-electron chi connectivity index (χ1n) is 8.48. The van der Waals surface area contributed by atoms with Crippen LogP contribution in [0.1, 0.15) is 34.6 Å². The second kappa shape index (κ2) is 6.67. The number of benzene rings is 1. The summed E-state index contributed by atoms with van der Waals surface area (Å²) >= 11 is 0. The Kier molecular flexibility index (Phi) is 4.20. The maximum Gasteiger partial charge on any atom is 0.289 e. The van der Waals surface area contributed by atoms with E-state index in [1.807, 2.05) is 30.3 Å². The maximum atomic E-state index is 12.7. The second-order valence-electron chi connectivity index (χ2n) is 6.31. The first kappa shape index (κ1) is 16.4. The Morgan fingerprint density at radius 2 is 2.04 bits per heavy atom. The first-order valence-corrected chi connectivity index (χ1v) is 8.48. The summed E-state index contributed by atoms with van der Waals surface area (Å²) in [6.07, 6.45) is 0.805. The second-order valence-corrected chi connectivity index (χ2v) is 6.31. The lowest BCUT2D eigenvalue weighted by Crippen LogP contribution is -2.28. The van der Waals surface area contributed by atoms with Crippen LogP contribution in [-0.2, 0) is 0 Å². The molecule has 3 aromatic rings. The van der Waals surface area contributed by atoms with Crippen molar-refractivity contribution < 1.29 is 18.5 Å². The number of amides is 1. The van der Waals surface area contributed by atoms with Crippen LogP contribution in [0.5, 0.6) is 5.75 Å². The van der Waals surface area contributed by atoms with Gasteiger partial charge in [0, 0.05) is 18.7 Å². The average Bonchev–Trinajstić information content (AvgIpc) is 3.41. The number of carbonyl (C=O) groups is 1. The highest BCUT2D eigenvalue weighted by Gasteiger charge is 2.32. The zero-order valence-corrected chi connectivity index (χ0v) is 14.6. The Hall–Kier alpha value is -3.09. The fraction of sp³-hybridized carbons (Fsp3) is 0.316. The predicted octanol–water partition coefficient (Wildman–Crippen LogP) is 3.28. The van der Waals surface area contributed by atoms with Crippen LogP contribution in [0.15, 0.2) is 45.3 Å². The summed E-state index contributed by atoms with van der Waals surface area (Å²) in [6, 6.07) is 11.0. The molecule has 1 amide bonds. The highest BCUT2D eigenvalue weighted by molar-refractivity contribution is 5.92. The highest BCUT2D eigenvalue weighted by Crippen LogP contribution is 2.29. The molecular weight excluding hydrogens is 334 g/mol. The Labute approximate surface area is 150 Å². The molecule has 1 aliphatic heterocycles. The number of furan rings is 1. The van der Waals surface area contributed by atoms with Crippen LogP contribution in [0.25, 0.3) is 11.3 Å². The van der Waals surface area contributed by atoms with Gasteiger partial charge >= 0.3 is 0 Å². The van der Waals surface area contributed by atoms with Gasteiger partial charge in [-0.2, -0.15) is 4.98 Å². The van der Waals surface area contributed by atoms with Gasteiger partial charge < -0.3 is 18.6 Å². The van der Waals surface area contributed by atoms with E-state index >= 15 is 0 Å². The van der Waals surface area contributed by atoms with Gasteiger partial charge in [0.05, 0.1) is 13.0 Å². The lowest BCUT2D eigenvalue weighted by molar-refractivity contribution is 0.0759. The van der Waals surface area contributed by atoms with Crippen LogP contribution in [-0.4, -0.2) is 41.1 Å². The molecule has 1 atom stereocenters. The van der Waals surface area contributed by atoms with Gasteiger partial charge in [0.15, 0.2) is 11.6 Å². The third-order valence-corrected chi connectivity index (χ3v) is 4.56. The van der Waals surface area contributed by atoms with Crippen molar-refractivity contribution in [3.8, 4) is 17.1 Å². The zero-order valence-electron chi connectivity index (χ0n) is 14.6. The van der Waals surface area contributed by atoms with Crippen LogP contribution >= 0.6 is 0 Å². The molecule has 0 unspecified atom stereocenters. The molecule has 0 aliphatic carbocycles. The summed E-state index contributed by atoms with van der Waals surface area (Å²) in [6.45, 7) is 2.98. The Morgan fingerprint density at radius 1 is 1.23 bits per heavy atom. The zero-order chi connectivity index (χ0) is 18.1. The van der Waals surface area contributed by atoms with E-state index in [2.05, 4.69) is 10.1 Å². The van der Waals surface area contributed by atoms with Crippen molar-refractivity contribution in [2.75, 3.05) is 20.2 Å². The van der Waals surface area contributed by atoms with Gasteiger partial charge in [-0.3, -0.25) is 4.79 Å². The van der Waals surface area contributed by atoms with E-state index in [9.17, 15) is 4.79 Å². The van der Waals surface area contributed by atoms with Gasteiger partial charge in [-0.25, -0.2) is 0 Å². The lowest BCUT2D eigenvalue weighted by atomic mass is 10.1. The molecule has 7 nitrogen and oxygen atoms in total. The topological polar surface area (TPSA) is 81.6 Å². The summed E-state index contributed by atoms with van der Waals surface area (Å²) in [4.78, 5) is 18.8. The molecule has 26 heavy (non-hydrogen) atoms. The maximum absolute atomic E-state index is 12.7. The third kappa shape index (κ3) is 3.08. The molecule has 2 aromatic heterocycles. The fourth-order valence-electron chi connectivity index (χ4n) is 3.14. The van der Waals surface area contributed by atoms with Crippen LogP contribution in [0.3, 0.4) is 0 Å². The van der Waals surface area contributed by atoms with Gasteiger partial charge in [-0.1, -0.05) is 5.16 Å². The van der Waals surface area contributed by atoms with Crippen molar-refractivity contribution in [3.05, 3.63) is 53.9 Å². The van der Waals surface area contributed by atoms with Gasteiger partial charge in [0.25, 0.3) is 5.91 Å². The first-order chi connectivity index (χ1) is 12.6. The number of hydrogen-bond acceptors (Lipinski definition) is 6. The van der Waals surface area contributed by atoms with Crippen molar-refractivity contribution in [1.29, 1.82) is 0 Å². The Morgan fingerprint density at radius 3 is 2.73 bits per heavy atom. The van der Waals surface area contributed by atoms with E-state index in [0.717, 1.165) is 17.7 Å². The smallest absolute Gasteiger partial charge is 0.289 e. The molecule has 1 aliphatic rings. The molecule has 4 rings (SSSR count). The van der Waals surface area contributed by atoms with Gasteiger partial charge in [-0.15, -0.1) is 0 Å². The molecule has 0 spiro atoms. The molecule has 0 radical (unpaired) electrons. The molecule has 1 saturated heterocycles. The number of aromatic nitrogens is 2. The largest absolute Gasteiger partial charge is 0.497 e. The molecule has 0 N–H and O–H groups in total. The monoisotopic (exact) mass is 353 g/mol. The number of likely N-dealkylation sites (tertiary alicyclic amines) is 1. The molecule has 0 bridgehead atoms. The fourth-order valence-corrected chi connectivity index (χ4v) is 3.14. The summed E-state index contributed by atoms with van der Waals surface area (Å²) in [5, 5.41) is 3.82. The van der Waals surface area contributed by atoms with Crippen molar-refractivity contribution in [3.63, 3.8) is 0 Å². The standard InChI is InChI=1S/C19H19N3O4/c1-12-20-18(26-21-12)14-9-10-22(11-14)19(23)17-8-7-16(25-17)13-3-5-15(24-2)6-4-13/h3-8,14H,9-11H2,1-2H3/t14-/m0/s1. The average molecular weight is 353 g/mol. The molecule has 1 fully saturated rings. The number of ether oxygens (including phenoxy) is 1. The number of aryl methyl sites for hydroxylation is 1. The molecule has 1 aromatic carbocycles. The summed E-state index contributed by atoms with van der Waals surface area (Å²) in [5.41, 5.74) is 0.894. The normalized spacial score (nSPS) is 16.8. The Balaban J connectivity index is 1.46.